The van der Waals surface area contributed by atoms with Gasteiger partial charge in [0.2, 0.25) is 0 Å². The molecule has 1 heterocycles. The van der Waals surface area contributed by atoms with Gasteiger partial charge in [0.15, 0.2) is 0 Å². The highest BCUT2D eigenvalue weighted by Crippen LogP contribution is 2.16. The van der Waals surface area contributed by atoms with E-state index in [9.17, 15) is 0 Å². The molecule has 0 aliphatic heterocycles. The van der Waals surface area contributed by atoms with E-state index < -0.39 is 0 Å². The van der Waals surface area contributed by atoms with E-state index in [0.717, 1.165) is 29.1 Å². The highest BCUT2D eigenvalue weighted by molar-refractivity contribution is 5.79. The highest BCUT2D eigenvalue weighted by atomic mass is 14.9. The van der Waals surface area contributed by atoms with Crippen molar-refractivity contribution in [3.8, 4) is 0 Å². The van der Waals surface area contributed by atoms with Crippen molar-refractivity contribution in [2.75, 3.05) is 18.4 Å². The molecule has 0 bridgehead atoms. The third-order valence-corrected chi connectivity index (χ3v) is 2.07. The second-order valence-corrected chi connectivity index (χ2v) is 3.27. The van der Waals surface area contributed by atoms with Crippen LogP contribution in [0.3, 0.4) is 0 Å². The van der Waals surface area contributed by atoms with Crippen molar-refractivity contribution in [3.05, 3.63) is 24.0 Å². The lowest BCUT2D eigenvalue weighted by Crippen LogP contribution is -2.12. The Balaban J connectivity index is 2.31. The number of nitrogens with zero attached hydrogens (tertiary/aromatic N) is 1. The number of rotatable bonds is 3. The summed E-state index contributed by atoms with van der Waals surface area (Å²) in [4.78, 5) is 7.52. The van der Waals surface area contributed by atoms with Gasteiger partial charge in [-0.15, -0.1) is 0 Å². The minimum absolute atomic E-state index is 0.639. The molecule has 0 unspecified atom stereocenters. The molecule has 1 aromatic heterocycles. The van der Waals surface area contributed by atoms with Gasteiger partial charge in [0, 0.05) is 18.8 Å². The molecule has 0 saturated carbocycles. The first kappa shape index (κ1) is 9.02. The average Bonchev–Trinajstić information content (AvgIpc) is 2.54. The fraction of sp³-hybridized carbons (Fsp3) is 0.300. The van der Waals surface area contributed by atoms with E-state index in [2.05, 4.69) is 15.3 Å². The Morgan fingerprint density at radius 2 is 2.36 bits per heavy atom. The first-order chi connectivity index (χ1) is 6.79. The predicted molar refractivity (Wildman–Crippen MR) is 58.4 cm³/mol. The molecule has 4 N–H and O–H groups in total. The Morgan fingerprint density at radius 1 is 1.50 bits per heavy atom. The Hall–Kier alpha value is -1.55. The molecule has 4 nitrogen and oxygen atoms in total. The first-order valence-corrected chi connectivity index (χ1v) is 4.70. The summed E-state index contributed by atoms with van der Waals surface area (Å²) in [7, 11) is 0. The number of hydrogen-bond acceptors (Lipinski definition) is 3. The van der Waals surface area contributed by atoms with Crippen LogP contribution < -0.4 is 11.1 Å². The van der Waals surface area contributed by atoms with Crippen molar-refractivity contribution in [1.29, 1.82) is 0 Å². The number of nitrogens with one attached hydrogen (secondary N) is 2. The van der Waals surface area contributed by atoms with E-state index in [1.807, 2.05) is 25.1 Å². The van der Waals surface area contributed by atoms with Gasteiger partial charge in [-0.05, 0) is 25.1 Å². The number of nitrogens with two attached hydrogens (primary N) is 1. The highest BCUT2D eigenvalue weighted by Gasteiger charge is 1.99. The minimum atomic E-state index is 0.639. The van der Waals surface area contributed by atoms with Gasteiger partial charge in [0.25, 0.3) is 0 Å². The molecule has 0 saturated heterocycles. The van der Waals surface area contributed by atoms with E-state index in [-0.39, 0.29) is 0 Å². The smallest absolute Gasteiger partial charge is 0.104 e. The lowest BCUT2D eigenvalue weighted by atomic mass is 10.3. The molecule has 0 fully saturated rings. The Labute approximate surface area is 82.5 Å². The fourth-order valence-corrected chi connectivity index (χ4v) is 1.46. The summed E-state index contributed by atoms with van der Waals surface area (Å²) >= 11 is 0. The second kappa shape index (κ2) is 3.67. The van der Waals surface area contributed by atoms with Crippen molar-refractivity contribution in [3.63, 3.8) is 0 Å². The summed E-state index contributed by atoms with van der Waals surface area (Å²) in [6.07, 6.45) is 0. The van der Waals surface area contributed by atoms with Gasteiger partial charge < -0.3 is 16.0 Å². The molecule has 0 amide bonds. The molecule has 0 aliphatic rings. The van der Waals surface area contributed by atoms with E-state index >= 15 is 0 Å². The lowest BCUT2D eigenvalue weighted by Gasteiger charge is -2.03. The number of anilines is 1. The zero-order valence-electron chi connectivity index (χ0n) is 8.17. The molecule has 0 radical (unpaired) electrons. The third-order valence-electron chi connectivity index (χ3n) is 2.07. The monoisotopic (exact) mass is 190 g/mol. The second-order valence-electron chi connectivity index (χ2n) is 3.27. The molecular weight excluding hydrogens is 176 g/mol. The Morgan fingerprint density at radius 3 is 3.14 bits per heavy atom. The van der Waals surface area contributed by atoms with Crippen molar-refractivity contribution in [2.24, 2.45) is 5.73 Å². The maximum Gasteiger partial charge on any atom is 0.104 e. The SMILES string of the molecule is Cc1nc2ccc(NCCN)cc2[nH]1. The Bertz CT molecular complexity index is 433. The fourth-order valence-electron chi connectivity index (χ4n) is 1.46. The van der Waals surface area contributed by atoms with Gasteiger partial charge >= 0.3 is 0 Å². The average molecular weight is 190 g/mol. The topological polar surface area (TPSA) is 66.7 Å². The van der Waals surface area contributed by atoms with Crippen LogP contribution in [0.5, 0.6) is 0 Å². The van der Waals surface area contributed by atoms with E-state index in [1.54, 1.807) is 0 Å². The number of aromatic nitrogens is 2. The van der Waals surface area contributed by atoms with Gasteiger partial charge in [-0.3, -0.25) is 0 Å². The molecular formula is C10H14N4. The van der Waals surface area contributed by atoms with E-state index in [1.165, 1.54) is 0 Å². The number of aryl methyl sites for hydroxylation is 1. The van der Waals surface area contributed by atoms with Crippen LogP contribution in [0, 0.1) is 6.92 Å². The predicted octanol–water partition coefficient (Wildman–Crippen LogP) is 1.24. The quantitative estimate of drug-likeness (QED) is 0.682. The van der Waals surface area contributed by atoms with Crippen LogP contribution in [0.2, 0.25) is 0 Å². The molecule has 1 aromatic carbocycles. The summed E-state index contributed by atoms with van der Waals surface area (Å²) in [6, 6.07) is 6.06. The van der Waals surface area contributed by atoms with Crippen LogP contribution in [0.1, 0.15) is 5.82 Å². The van der Waals surface area contributed by atoms with Crippen molar-refractivity contribution in [1.82, 2.24) is 9.97 Å². The van der Waals surface area contributed by atoms with Gasteiger partial charge in [-0.25, -0.2) is 4.98 Å². The number of H-pyrrole nitrogens is 1. The number of aromatic amines is 1. The molecule has 74 valence electrons. The maximum absolute atomic E-state index is 5.41. The molecule has 0 aliphatic carbocycles. The lowest BCUT2D eigenvalue weighted by molar-refractivity contribution is 1.02. The van der Waals surface area contributed by atoms with E-state index in [0.29, 0.717) is 6.54 Å². The number of imidazole rings is 1. The summed E-state index contributed by atoms with van der Waals surface area (Å²) in [5.41, 5.74) is 8.55. The van der Waals surface area contributed by atoms with Crippen LogP contribution in [0.25, 0.3) is 11.0 Å². The summed E-state index contributed by atoms with van der Waals surface area (Å²) in [5, 5.41) is 3.22. The normalized spacial score (nSPS) is 10.7. The van der Waals surface area contributed by atoms with Gasteiger partial charge in [0.05, 0.1) is 11.0 Å². The van der Waals surface area contributed by atoms with Crippen molar-refractivity contribution >= 4 is 16.7 Å². The zero-order valence-corrected chi connectivity index (χ0v) is 8.17. The summed E-state index contributed by atoms with van der Waals surface area (Å²) < 4.78 is 0. The van der Waals surface area contributed by atoms with Crippen LogP contribution in [0.15, 0.2) is 18.2 Å². The first-order valence-electron chi connectivity index (χ1n) is 4.70. The molecule has 14 heavy (non-hydrogen) atoms. The van der Waals surface area contributed by atoms with Crippen molar-refractivity contribution < 1.29 is 0 Å². The molecule has 4 heteroatoms. The van der Waals surface area contributed by atoms with Crippen LogP contribution in [-0.4, -0.2) is 23.1 Å². The third kappa shape index (κ3) is 1.70. The number of fused-ring (bicyclic) bond motifs is 1. The van der Waals surface area contributed by atoms with Crippen LogP contribution in [-0.2, 0) is 0 Å². The van der Waals surface area contributed by atoms with Crippen LogP contribution in [0.4, 0.5) is 5.69 Å². The number of hydrogen-bond donors (Lipinski definition) is 3. The Kier molecular flexibility index (Phi) is 2.37. The largest absolute Gasteiger partial charge is 0.384 e. The summed E-state index contributed by atoms with van der Waals surface area (Å²) in [6.45, 7) is 3.38. The molecule has 2 aromatic rings. The molecule has 0 atom stereocenters. The van der Waals surface area contributed by atoms with Crippen molar-refractivity contribution in [2.45, 2.75) is 6.92 Å². The van der Waals surface area contributed by atoms with Crippen LogP contribution >= 0.6 is 0 Å². The van der Waals surface area contributed by atoms with Gasteiger partial charge in [-0.1, -0.05) is 0 Å². The zero-order chi connectivity index (χ0) is 9.97. The number of benzene rings is 1. The van der Waals surface area contributed by atoms with E-state index in [4.69, 9.17) is 5.73 Å². The van der Waals surface area contributed by atoms with Gasteiger partial charge in [0.1, 0.15) is 5.82 Å². The molecule has 2 rings (SSSR count). The summed E-state index contributed by atoms with van der Waals surface area (Å²) in [5.74, 6) is 0.941. The minimum Gasteiger partial charge on any atom is -0.384 e. The van der Waals surface area contributed by atoms with Gasteiger partial charge in [-0.2, -0.15) is 0 Å². The molecule has 0 spiro atoms. The maximum atomic E-state index is 5.41. The standard InChI is InChI=1S/C10H14N4/c1-7-13-9-3-2-8(12-5-4-11)6-10(9)14-7/h2-3,6,12H,4-5,11H2,1H3,(H,13,14).